The Bertz CT molecular complexity index is 599. The van der Waals surface area contributed by atoms with Crippen molar-refractivity contribution in [3.8, 4) is 5.75 Å². The molecule has 1 aromatic heterocycles. The maximum Gasteiger partial charge on any atom is 0.271 e. The number of anilines is 1. The van der Waals surface area contributed by atoms with Gasteiger partial charge >= 0.3 is 0 Å². The van der Waals surface area contributed by atoms with Gasteiger partial charge in [-0.1, -0.05) is 12.1 Å². The minimum absolute atomic E-state index is 0.251. The number of benzene rings is 1. The fourth-order valence-electron chi connectivity index (χ4n) is 1.78. The van der Waals surface area contributed by atoms with E-state index in [-0.39, 0.29) is 5.91 Å². The lowest BCUT2D eigenvalue weighted by molar-refractivity contribution is 0.0957. The molecular weight excluding hydrogens is 268 g/mol. The van der Waals surface area contributed by atoms with Gasteiger partial charge in [-0.05, 0) is 36.8 Å². The summed E-state index contributed by atoms with van der Waals surface area (Å²) in [5, 5.41) is 13.5. The predicted octanol–water partition coefficient (Wildman–Crippen LogP) is 1.85. The van der Waals surface area contributed by atoms with Crippen LogP contribution in [0.25, 0.3) is 0 Å². The molecule has 1 aromatic carbocycles. The van der Waals surface area contributed by atoms with Gasteiger partial charge in [-0.15, -0.1) is 10.2 Å². The molecule has 0 saturated heterocycles. The Morgan fingerprint density at radius 1 is 1.24 bits per heavy atom. The van der Waals surface area contributed by atoms with Gasteiger partial charge in [0.2, 0.25) is 0 Å². The quantitative estimate of drug-likeness (QED) is 0.847. The van der Waals surface area contributed by atoms with Gasteiger partial charge < -0.3 is 15.4 Å². The number of aromatic nitrogens is 2. The van der Waals surface area contributed by atoms with Crippen molar-refractivity contribution in [3.05, 3.63) is 47.7 Å². The van der Waals surface area contributed by atoms with Crippen molar-refractivity contribution in [2.45, 2.75) is 13.5 Å². The van der Waals surface area contributed by atoms with Crippen LogP contribution in [0.1, 0.15) is 23.0 Å². The Labute approximate surface area is 123 Å². The van der Waals surface area contributed by atoms with Crippen LogP contribution in [-0.2, 0) is 6.54 Å². The molecule has 1 amide bonds. The van der Waals surface area contributed by atoms with Crippen molar-refractivity contribution in [2.24, 2.45) is 0 Å². The van der Waals surface area contributed by atoms with Crippen LogP contribution in [0.5, 0.6) is 5.75 Å². The molecule has 0 aliphatic rings. The zero-order valence-electron chi connectivity index (χ0n) is 12.1. The highest BCUT2D eigenvalue weighted by Crippen LogP contribution is 2.14. The molecule has 0 spiro atoms. The third-order valence-corrected chi connectivity index (χ3v) is 2.81. The minimum Gasteiger partial charge on any atom is -0.494 e. The zero-order valence-corrected chi connectivity index (χ0v) is 12.1. The van der Waals surface area contributed by atoms with E-state index < -0.39 is 0 Å². The van der Waals surface area contributed by atoms with E-state index >= 15 is 0 Å². The van der Waals surface area contributed by atoms with Gasteiger partial charge in [0.25, 0.3) is 5.91 Å². The van der Waals surface area contributed by atoms with Crippen LogP contribution < -0.4 is 15.4 Å². The number of amides is 1. The normalized spacial score (nSPS) is 10.0. The lowest BCUT2D eigenvalue weighted by Crippen LogP contribution is -2.19. The van der Waals surface area contributed by atoms with E-state index in [4.69, 9.17) is 4.74 Å². The van der Waals surface area contributed by atoms with E-state index in [2.05, 4.69) is 20.8 Å². The van der Waals surface area contributed by atoms with Gasteiger partial charge in [0, 0.05) is 13.6 Å². The van der Waals surface area contributed by atoms with Gasteiger partial charge in [0.1, 0.15) is 11.6 Å². The van der Waals surface area contributed by atoms with Crippen LogP contribution in [0.4, 0.5) is 5.82 Å². The topological polar surface area (TPSA) is 76.1 Å². The molecule has 0 atom stereocenters. The van der Waals surface area contributed by atoms with Crippen LogP contribution in [0, 0.1) is 0 Å². The molecule has 0 fully saturated rings. The second-order valence-electron chi connectivity index (χ2n) is 4.32. The van der Waals surface area contributed by atoms with Crippen LogP contribution in [0.15, 0.2) is 36.4 Å². The lowest BCUT2D eigenvalue weighted by Gasteiger charge is -2.08. The van der Waals surface area contributed by atoms with Crippen molar-refractivity contribution < 1.29 is 9.53 Å². The third-order valence-electron chi connectivity index (χ3n) is 2.81. The number of nitrogens with one attached hydrogen (secondary N) is 2. The molecule has 6 nitrogen and oxygen atoms in total. The second kappa shape index (κ2) is 7.23. The smallest absolute Gasteiger partial charge is 0.271 e. The fraction of sp³-hybridized carbons (Fsp3) is 0.267. The van der Waals surface area contributed by atoms with E-state index in [9.17, 15) is 4.79 Å². The summed E-state index contributed by atoms with van der Waals surface area (Å²) >= 11 is 0. The highest BCUT2D eigenvalue weighted by Gasteiger charge is 2.05. The lowest BCUT2D eigenvalue weighted by atomic mass is 10.2. The van der Waals surface area contributed by atoms with Gasteiger partial charge in [-0.2, -0.15) is 0 Å². The van der Waals surface area contributed by atoms with Crippen molar-refractivity contribution in [1.82, 2.24) is 15.5 Å². The summed E-state index contributed by atoms with van der Waals surface area (Å²) in [6, 6.07) is 11.2. The molecule has 0 unspecified atom stereocenters. The van der Waals surface area contributed by atoms with Crippen molar-refractivity contribution in [3.63, 3.8) is 0 Å². The molecule has 0 radical (unpaired) electrons. The summed E-state index contributed by atoms with van der Waals surface area (Å²) < 4.78 is 5.45. The Hall–Kier alpha value is -2.63. The molecule has 0 aliphatic heterocycles. The number of nitrogens with zero attached hydrogens (tertiary/aromatic N) is 2. The summed E-state index contributed by atoms with van der Waals surface area (Å²) in [7, 11) is 1.56. The van der Waals surface area contributed by atoms with E-state index in [0.29, 0.717) is 24.7 Å². The average Bonchev–Trinajstić information content (AvgIpc) is 2.53. The van der Waals surface area contributed by atoms with Crippen LogP contribution in [0.3, 0.4) is 0 Å². The Balaban J connectivity index is 1.96. The van der Waals surface area contributed by atoms with Gasteiger partial charge in [-0.3, -0.25) is 4.79 Å². The standard InChI is InChI=1S/C15H18N4O2/c1-3-21-12-6-4-5-11(9-12)10-17-14-8-7-13(18-19-14)15(20)16-2/h4-9H,3,10H2,1-2H3,(H,16,20)(H,17,19). The first-order chi connectivity index (χ1) is 10.2. The first-order valence-corrected chi connectivity index (χ1v) is 6.74. The molecular formula is C15H18N4O2. The van der Waals surface area contributed by atoms with E-state index in [1.165, 1.54) is 0 Å². The first kappa shape index (κ1) is 14.8. The van der Waals surface area contributed by atoms with Crippen molar-refractivity contribution in [2.75, 3.05) is 19.0 Å². The summed E-state index contributed by atoms with van der Waals surface area (Å²) in [5.41, 5.74) is 1.37. The molecule has 21 heavy (non-hydrogen) atoms. The minimum atomic E-state index is -0.251. The van der Waals surface area contributed by atoms with Crippen molar-refractivity contribution >= 4 is 11.7 Å². The van der Waals surface area contributed by atoms with Crippen LogP contribution >= 0.6 is 0 Å². The molecule has 1 heterocycles. The van der Waals surface area contributed by atoms with Crippen LogP contribution in [-0.4, -0.2) is 29.8 Å². The summed E-state index contributed by atoms with van der Waals surface area (Å²) in [5.74, 6) is 1.21. The first-order valence-electron chi connectivity index (χ1n) is 6.74. The largest absolute Gasteiger partial charge is 0.494 e. The highest BCUT2D eigenvalue weighted by atomic mass is 16.5. The van der Waals surface area contributed by atoms with Gasteiger partial charge in [0.05, 0.1) is 6.61 Å². The van der Waals surface area contributed by atoms with Gasteiger partial charge in [-0.25, -0.2) is 0 Å². The molecule has 2 N–H and O–H groups in total. The van der Waals surface area contributed by atoms with E-state index in [1.807, 2.05) is 31.2 Å². The third kappa shape index (κ3) is 4.17. The molecule has 2 aromatic rings. The Morgan fingerprint density at radius 2 is 2.10 bits per heavy atom. The monoisotopic (exact) mass is 286 g/mol. The number of carbonyl (C=O) groups excluding carboxylic acids is 1. The average molecular weight is 286 g/mol. The van der Waals surface area contributed by atoms with Crippen molar-refractivity contribution in [1.29, 1.82) is 0 Å². The molecule has 110 valence electrons. The summed E-state index contributed by atoms with van der Waals surface area (Å²) in [6.45, 7) is 3.20. The Kier molecular flexibility index (Phi) is 5.09. The summed E-state index contributed by atoms with van der Waals surface area (Å²) in [6.07, 6.45) is 0. The number of hydrogen-bond acceptors (Lipinski definition) is 5. The zero-order chi connectivity index (χ0) is 15.1. The molecule has 2 rings (SSSR count). The summed E-state index contributed by atoms with van der Waals surface area (Å²) in [4.78, 5) is 11.4. The molecule has 6 heteroatoms. The second-order valence-corrected chi connectivity index (χ2v) is 4.32. The number of hydrogen-bond donors (Lipinski definition) is 2. The predicted molar refractivity (Wildman–Crippen MR) is 80.4 cm³/mol. The molecule has 0 aliphatic carbocycles. The molecule has 0 saturated carbocycles. The fourth-order valence-corrected chi connectivity index (χ4v) is 1.78. The van der Waals surface area contributed by atoms with E-state index in [1.54, 1.807) is 19.2 Å². The highest BCUT2D eigenvalue weighted by molar-refractivity contribution is 5.91. The SMILES string of the molecule is CCOc1cccc(CNc2ccc(C(=O)NC)nn2)c1. The van der Waals surface area contributed by atoms with Gasteiger partial charge in [0.15, 0.2) is 5.69 Å². The maximum absolute atomic E-state index is 11.4. The van der Waals surface area contributed by atoms with E-state index in [0.717, 1.165) is 11.3 Å². The Morgan fingerprint density at radius 3 is 2.76 bits per heavy atom. The number of rotatable bonds is 6. The number of carbonyl (C=O) groups is 1. The maximum atomic E-state index is 11.4. The number of ether oxygens (including phenoxy) is 1. The van der Waals surface area contributed by atoms with Crippen LogP contribution in [0.2, 0.25) is 0 Å². The molecule has 0 bridgehead atoms.